The van der Waals surface area contributed by atoms with Crippen LogP contribution in [-0.4, -0.2) is 63.8 Å². The standard InChI is InChI=1S/C6H8O7.3C2H6O.3Na/c7-3(8)1-6(13,5(11)12)2-4(9)10;3*1-2-3;;;/h13H,1-2H2,(H,7,8)(H,9,10)(H,11,12);3*3H,2H2,1H3;;;/q;;;;3*+1/p-3. The third kappa shape index (κ3) is 45.9. The van der Waals surface area contributed by atoms with Gasteiger partial charge in [0.15, 0.2) is 0 Å². The predicted molar refractivity (Wildman–Crippen MR) is 67.5 cm³/mol. The largest absolute Gasteiger partial charge is 1.00 e. The molecule has 0 amide bonds. The van der Waals surface area contributed by atoms with Crippen LogP contribution < -0.4 is 104 Å². The minimum absolute atomic E-state index is 0. The van der Waals surface area contributed by atoms with Crippen LogP contribution in [0.5, 0.6) is 0 Å². The molecule has 0 fully saturated rings. The first-order valence-electron chi connectivity index (χ1n) is 6.18. The van der Waals surface area contributed by atoms with Crippen molar-refractivity contribution in [1.82, 2.24) is 0 Å². The summed E-state index contributed by atoms with van der Waals surface area (Å²) in [6.45, 7) is 5.79. The van der Waals surface area contributed by atoms with Gasteiger partial charge in [0.1, 0.15) is 5.60 Å². The summed E-state index contributed by atoms with van der Waals surface area (Å²) in [5.41, 5.74) is -2.97. The van der Waals surface area contributed by atoms with E-state index < -0.39 is 36.4 Å². The molecule has 0 atom stereocenters. The third-order valence-electron chi connectivity index (χ3n) is 1.25. The molecule has 0 aliphatic rings. The Morgan fingerprint density at radius 2 is 0.880 bits per heavy atom. The fourth-order valence-corrected chi connectivity index (χ4v) is 0.684. The van der Waals surface area contributed by atoms with Crippen LogP contribution in [0.3, 0.4) is 0 Å². The molecule has 0 saturated carbocycles. The molecule has 134 valence electrons. The van der Waals surface area contributed by atoms with Gasteiger partial charge in [-0.05, 0) is 20.8 Å². The summed E-state index contributed by atoms with van der Waals surface area (Å²) in [5, 5.41) is 61.6. The van der Waals surface area contributed by atoms with Gasteiger partial charge in [0, 0.05) is 44.6 Å². The van der Waals surface area contributed by atoms with Crippen LogP contribution in [0.2, 0.25) is 0 Å². The van der Waals surface area contributed by atoms with Gasteiger partial charge >= 0.3 is 88.7 Å². The minimum Gasteiger partial charge on any atom is -0.550 e. The topological polar surface area (TPSA) is 201 Å². The Morgan fingerprint density at radius 1 is 0.720 bits per heavy atom. The number of carbonyl (C=O) groups is 3. The summed E-state index contributed by atoms with van der Waals surface area (Å²) < 4.78 is 0. The number of aliphatic hydroxyl groups is 4. The Balaban J connectivity index is -0.0000000458. The monoisotopic (exact) mass is 396 g/mol. The zero-order valence-corrected chi connectivity index (χ0v) is 21.8. The molecule has 0 bridgehead atoms. The van der Waals surface area contributed by atoms with Gasteiger partial charge in [-0.25, -0.2) is 0 Å². The maximum Gasteiger partial charge on any atom is 1.00 e. The zero-order valence-electron chi connectivity index (χ0n) is 15.8. The van der Waals surface area contributed by atoms with E-state index in [4.69, 9.17) is 20.4 Å². The van der Waals surface area contributed by atoms with Gasteiger partial charge in [0.25, 0.3) is 0 Å². The van der Waals surface area contributed by atoms with E-state index in [0.717, 1.165) is 0 Å². The number of carboxylic acids is 3. The molecular weight excluding hydrogens is 373 g/mol. The quantitative estimate of drug-likeness (QED) is 0.323. The summed E-state index contributed by atoms with van der Waals surface area (Å²) in [7, 11) is 0. The van der Waals surface area contributed by atoms with Crippen LogP contribution in [0.25, 0.3) is 0 Å². The van der Waals surface area contributed by atoms with Gasteiger partial charge in [0.05, 0.1) is 5.97 Å². The third-order valence-corrected chi connectivity index (χ3v) is 1.25. The number of aliphatic hydroxyl groups excluding tert-OH is 3. The minimum atomic E-state index is -2.97. The molecule has 0 unspecified atom stereocenters. The van der Waals surface area contributed by atoms with Crippen LogP contribution in [-0.2, 0) is 14.4 Å². The molecule has 0 saturated heterocycles. The fraction of sp³-hybridized carbons (Fsp3) is 0.750. The van der Waals surface area contributed by atoms with E-state index >= 15 is 0 Å². The maximum absolute atomic E-state index is 10.1. The van der Waals surface area contributed by atoms with Crippen molar-refractivity contribution in [3.63, 3.8) is 0 Å². The number of rotatable bonds is 5. The van der Waals surface area contributed by atoms with Crippen LogP contribution >= 0.6 is 0 Å². The molecule has 0 aromatic carbocycles. The van der Waals surface area contributed by atoms with Crippen molar-refractivity contribution < 1.29 is 139 Å². The Kier molecular flexibility index (Phi) is 59.4. The van der Waals surface area contributed by atoms with Crippen molar-refractivity contribution in [2.45, 2.75) is 39.2 Å². The smallest absolute Gasteiger partial charge is 0.550 e. The first-order valence-corrected chi connectivity index (χ1v) is 6.18. The van der Waals surface area contributed by atoms with Gasteiger partial charge in [-0.15, -0.1) is 0 Å². The van der Waals surface area contributed by atoms with E-state index in [9.17, 15) is 29.7 Å². The van der Waals surface area contributed by atoms with Crippen LogP contribution in [0.15, 0.2) is 0 Å². The SMILES string of the molecule is CCO.CCO.CCO.O=C([O-])CC(O)(CC(=O)[O-])C(=O)[O-].[Na+].[Na+].[Na+]. The first kappa shape index (κ1) is 45.2. The zero-order chi connectivity index (χ0) is 18.8. The molecule has 0 rings (SSSR count). The summed E-state index contributed by atoms with van der Waals surface area (Å²) >= 11 is 0. The van der Waals surface area contributed by atoms with Crippen molar-refractivity contribution in [2.75, 3.05) is 19.8 Å². The van der Waals surface area contributed by atoms with Crippen molar-refractivity contribution >= 4 is 17.9 Å². The van der Waals surface area contributed by atoms with Gasteiger partial charge in [-0.1, -0.05) is 0 Å². The molecule has 0 heterocycles. The van der Waals surface area contributed by atoms with E-state index in [1.807, 2.05) is 0 Å². The molecule has 13 heteroatoms. The Labute approximate surface area is 213 Å². The predicted octanol–water partition coefficient (Wildman–Crippen LogP) is -14.2. The fourth-order valence-electron chi connectivity index (χ4n) is 0.684. The molecule has 0 aromatic rings. The normalized spacial score (nSPS) is 7.80. The first-order chi connectivity index (χ1) is 10.0. The average Bonchev–Trinajstić information content (AvgIpc) is 2.29. The Morgan fingerprint density at radius 3 is 0.960 bits per heavy atom. The number of hydrogen-bond acceptors (Lipinski definition) is 10. The van der Waals surface area contributed by atoms with E-state index in [0.29, 0.717) is 0 Å². The average molecular weight is 396 g/mol. The molecule has 0 aliphatic carbocycles. The van der Waals surface area contributed by atoms with E-state index in [2.05, 4.69) is 0 Å². The van der Waals surface area contributed by atoms with Gasteiger partial charge in [0.2, 0.25) is 0 Å². The number of aliphatic carboxylic acids is 3. The summed E-state index contributed by atoms with van der Waals surface area (Å²) in [6, 6.07) is 0. The van der Waals surface area contributed by atoms with Gasteiger partial charge in [-0.3, -0.25) is 0 Å². The molecule has 25 heavy (non-hydrogen) atoms. The maximum atomic E-state index is 10.1. The molecule has 0 spiro atoms. The van der Waals surface area contributed by atoms with E-state index in [1.165, 1.54) is 0 Å². The number of hydrogen-bond donors (Lipinski definition) is 4. The summed E-state index contributed by atoms with van der Waals surface area (Å²) in [4.78, 5) is 30.0. The summed E-state index contributed by atoms with van der Waals surface area (Å²) in [6.07, 6.45) is -2.72. The molecule has 0 radical (unpaired) electrons. The molecular formula is C12H23Na3O10. The second-order valence-electron chi connectivity index (χ2n) is 3.37. The second-order valence-corrected chi connectivity index (χ2v) is 3.37. The molecule has 0 aromatic heterocycles. The van der Waals surface area contributed by atoms with Gasteiger partial charge in [-0.2, -0.15) is 0 Å². The Hall–Kier alpha value is 1.25. The van der Waals surface area contributed by atoms with Crippen molar-refractivity contribution in [3.8, 4) is 0 Å². The molecule has 4 N–H and O–H groups in total. The van der Waals surface area contributed by atoms with Crippen molar-refractivity contribution in [3.05, 3.63) is 0 Å². The van der Waals surface area contributed by atoms with Crippen molar-refractivity contribution in [1.29, 1.82) is 0 Å². The van der Waals surface area contributed by atoms with Crippen LogP contribution in [0.4, 0.5) is 0 Å². The number of carboxylic acid groups (broad SMARTS) is 3. The van der Waals surface area contributed by atoms with E-state index in [1.54, 1.807) is 20.8 Å². The molecule has 10 nitrogen and oxygen atoms in total. The van der Waals surface area contributed by atoms with Crippen molar-refractivity contribution in [2.24, 2.45) is 0 Å². The van der Waals surface area contributed by atoms with Crippen LogP contribution in [0.1, 0.15) is 33.6 Å². The number of carbonyl (C=O) groups excluding carboxylic acids is 3. The van der Waals surface area contributed by atoms with Crippen LogP contribution in [0, 0.1) is 0 Å². The summed E-state index contributed by atoms with van der Waals surface area (Å²) in [5.74, 6) is -5.98. The second kappa shape index (κ2) is 32.9. The van der Waals surface area contributed by atoms with E-state index in [-0.39, 0.29) is 108 Å². The van der Waals surface area contributed by atoms with Gasteiger partial charge < -0.3 is 50.1 Å². The Bertz CT molecular complexity index is 282. The molecule has 0 aliphatic heterocycles.